The van der Waals surface area contributed by atoms with E-state index in [1.54, 1.807) is 4.90 Å². The molecule has 0 spiro atoms. The van der Waals surface area contributed by atoms with Crippen molar-refractivity contribution in [2.24, 2.45) is 10.9 Å². The van der Waals surface area contributed by atoms with Gasteiger partial charge in [0, 0.05) is 42.0 Å². The molecule has 0 bridgehead atoms. The van der Waals surface area contributed by atoms with Crippen LogP contribution in [0.25, 0.3) is 0 Å². The summed E-state index contributed by atoms with van der Waals surface area (Å²) in [5.74, 6) is 1.24. The molecule has 7 heteroatoms. The third-order valence-electron chi connectivity index (χ3n) is 5.24. The van der Waals surface area contributed by atoms with Crippen LogP contribution in [0.3, 0.4) is 0 Å². The van der Waals surface area contributed by atoms with E-state index >= 15 is 0 Å². The van der Waals surface area contributed by atoms with Crippen LogP contribution < -0.4 is 15.4 Å². The van der Waals surface area contributed by atoms with Crippen LogP contribution >= 0.6 is 0 Å². The zero-order valence-corrected chi connectivity index (χ0v) is 15.0. The van der Waals surface area contributed by atoms with Crippen LogP contribution in [0.4, 0.5) is 5.69 Å². The Bertz CT molecular complexity index is 679. The first-order chi connectivity index (χ1) is 12.8. The lowest BCUT2D eigenvalue weighted by atomic mass is 9.87. The second-order valence-corrected chi connectivity index (χ2v) is 6.89. The number of morpholine rings is 1. The lowest BCUT2D eigenvalue weighted by Gasteiger charge is -2.28. The highest BCUT2D eigenvalue weighted by molar-refractivity contribution is 6.07. The molecule has 3 heterocycles. The van der Waals surface area contributed by atoms with Crippen molar-refractivity contribution in [2.45, 2.75) is 12.8 Å². The zero-order chi connectivity index (χ0) is 17.8. The first-order valence-electron chi connectivity index (χ1n) is 9.43. The summed E-state index contributed by atoms with van der Waals surface area (Å²) in [5.41, 5.74) is 3.41. The fourth-order valence-corrected chi connectivity index (χ4v) is 3.77. The Hall–Kier alpha value is -2.12. The first-order valence-corrected chi connectivity index (χ1v) is 9.43. The fraction of sp³-hybridized carbons (Fsp3) is 0.579. The number of carbonyl (C=O) groups is 1. The number of nitrogens with zero attached hydrogens (tertiary/aromatic N) is 2. The summed E-state index contributed by atoms with van der Waals surface area (Å²) in [6.45, 7) is 5.26. The van der Waals surface area contributed by atoms with Crippen LogP contribution in [0.1, 0.15) is 18.4 Å². The van der Waals surface area contributed by atoms with E-state index in [1.165, 1.54) is 5.71 Å². The van der Waals surface area contributed by atoms with Gasteiger partial charge >= 0.3 is 0 Å². The average molecular weight is 358 g/mol. The van der Waals surface area contributed by atoms with Crippen LogP contribution in [0, 0.1) is 5.92 Å². The Morgan fingerprint density at radius 3 is 2.88 bits per heavy atom. The average Bonchev–Trinajstić information content (AvgIpc) is 2.72. The Morgan fingerprint density at radius 1 is 1.27 bits per heavy atom. The highest BCUT2D eigenvalue weighted by Gasteiger charge is 2.24. The molecule has 7 nitrogen and oxygen atoms in total. The summed E-state index contributed by atoms with van der Waals surface area (Å²) in [4.78, 5) is 18.7. The number of aliphatic imine (C=N–C) groups is 1. The van der Waals surface area contributed by atoms with E-state index < -0.39 is 0 Å². The van der Waals surface area contributed by atoms with Gasteiger partial charge in [0.2, 0.25) is 0 Å². The molecule has 0 unspecified atom stereocenters. The number of fused-ring (bicyclic) bond motifs is 1. The molecule has 140 valence electrons. The van der Waals surface area contributed by atoms with Gasteiger partial charge in [-0.3, -0.25) is 9.79 Å². The predicted octanol–water partition coefficient (Wildman–Crippen LogP) is 1.10. The van der Waals surface area contributed by atoms with Gasteiger partial charge in [0.15, 0.2) is 6.61 Å². The number of nitrogens with one attached hydrogen (secondary N) is 2. The minimum atomic E-state index is 0.0101. The van der Waals surface area contributed by atoms with Crippen LogP contribution in [-0.4, -0.2) is 69.2 Å². The molecular formula is C19H26N4O3. The van der Waals surface area contributed by atoms with Crippen molar-refractivity contribution in [2.75, 3.05) is 58.0 Å². The Labute approximate surface area is 153 Å². The number of ether oxygens (including phenoxy) is 2. The largest absolute Gasteiger partial charge is 0.484 e. The number of hydrogen-bond donors (Lipinski definition) is 2. The summed E-state index contributed by atoms with van der Waals surface area (Å²) >= 11 is 0. The number of benzene rings is 1. The molecule has 3 aliphatic heterocycles. The molecule has 2 saturated heterocycles. The van der Waals surface area contributed by atoms with E-state index in [4.69, 9.17) is 14.5 Å². The number of rotatable bonds is 4. The van der Waals surface area contributed by atoms with Gasteiger partial charge in [0.05, 0.1) is 13.2 Å². The molecule has 0 aliphatic carbocycles. The van der Waals surface area contributed by atoms with Crippen molar-refractivity contribution in [1.82, 2.24) is 10.2 Å². The highest BCUT2D eigenvalue weighted by Crippen LogP contribution is 2.30. The van der Waals surface area contributed by atoms with Crippen molar-refractivity contribution >= 4 is 17.3 Å². The van der Waals surface area contributed by atoms with Crippen molar-refractivity contribution in [3.8, 4) is 5.75 Å². The van der Waals surface area contributed by atoms with E-state index in [-0.39, 0.29) is 12.5 Å². The second kappa shape index (κ2) is 8.05. The van der Waals surface area contributed by atoms with Gasteiger partial charge in [-0.05, 0) is 38.1 Å². The lowest BCUT2D eigenvalue weighted by molar-refractivity contribution is -0.137. The van der Waals surface area contributed by atoms with E-state index in [9.17, 15) is 4.79 Å². The van der Waals surface area contributed by atoms with Crippen molar-refractivity contribution < 1.29 is 14.3 Å². The number of piperidine rings is 1. The molecule has 4 rings (SSSR count). The van der Waals surface area contributed by atoms with Crippen LogP contribution in [0.2, 0.25) is 0 Å². The summed E-state index contributed by atoms with van der Waals surface area (Å²) < 4.78 is 11.0. The molecule has 0 radical (unpaired) electrons. The molecule has 26 heavy (non-hydrogen) atoms. The van der Waals surface area contributed by atoms with Crippen LogP contribution in [0.15, 0.2) is 23.2 Å². The van der Waals surface area contributed by atoms with Crippen molar-refractivity contribution in [1.29, 1.82) is 0 Å². The van der Waals surface area contributed by atoms with Gasteiger partial charge in [0.1, 0.15) is 12.4 Å². The summed E-state index contributed by atoms with van der Waals surface area (Å²) in [6.07, 6.45) is 2.26. The molecule has 3 aliphatic rings. The molecule has 2 fully saturated rings. The van der Waals surface area contributed by atoms with Crippen LogP contribution in [-0.2, 0) is 9.53 Å². The van der Waals surface area contributed by atoms with Gasteiger partial charge in [-0.2, -0.15) is 0 Å². The monoisotopic (exact) mass is 358 g/mol. The molecular weight excluding hydrogens is 332 g/mol. The molecule has 2 N–H and O–H groups in total. The van der Waals surface area contributed by atoms with Gasteiger partial charge in [-0.1, -0.05) is 0 Å². The topological polar surface area (TPSA) is 75.2 Å². The van der Waals surface area contributed by atoms with Crippen molar-refractivity contribution in [3.05, 3.63) is 23.8 Å². The SMILES string of the molecule is O=C(COc1ccc2c(c1)NCN=C2C1CCNCC1)N1CCOCC1. The Balaban J connectivity index is 1.40. The summed E-state index contributed by atoms with van der Waals surface area (Å²) in [5, 5.41) is 6.73. The van der Waals surface area contributed by atoms with Gasteiger partial charge < -0.3 is 25.0 Å². The Morgan fingerprint density at radius 2 is 2.08 bits per heavy atom. The first kappa shape index (κ1) is 17.3. The summed E-state index contributed by atoms with van der Waals surface area (Å²) in [6, 6.07) is 5.99. The number of amides is 1. The number of carbonyl (C=O) groups excluding carboxylic acids is 1. The third kappa shape index (κ3) is 3.83. The number of hydrogen-bond acceptors (Lipinski definition) is 6. The van der Waals surface area contributed by atoms with E-state index in [0.717, 1.165) is 37.2 Å². The fourth-order valence-electron chi connectivity index (χ4n) is 3.77. The minimum absolute atomic E-state index is 0.0101. The second-order valence-electron chi connectivity index (χ2n) is 6.89. The smallest absolute Gasteiger partial charge is 0.260 e. The molecule has 1 aromatic carbocycles. The molecule has 0 atom stereocenters. The standard InChI is InChI=1S/C19H26N4O3/c24-18(23-7-9-25-10-8-23)12-26-15-1-2-16-17(11-15)21-13-22-19(16)14-3-5-20-6-4-14/h1-2,11,14,20-21H,3-10,12-13H2. The maximum absolute atomic E-state index is 12.2. The highest BCUT2D eigenvalue weighted by atomic mass is 16.5. The van der Waals surface area contributed by atoms with E-state index in [2.05, 4.69) is 16.7 Å². The minimum Gasteiger partial charge on any atom is -0.484 e. The maximum Gasteiger partial charge on any atom is 0.260 e. The van der Waals surface area contributed by atoms with Crippen LogP contribution in [0.5, 0.6) is 5.75 Å². The quantitative estimate of drug-likeness (QED) is 0.843. The van der Waals surface area contributed by atoms with Gasteiger partial charge in [-0.15, -0.1) is 0 Å². The van der Waals surface area contributed by atoms with E-state index in [1.807, 2.05) is 12.1 Å². The number of anilines is 1. The third-order valence-corrected chi connectivity index (χ3v) is 5.24. The molecule has 0 saturated carbocycles. The van der Waals surface area contributed by atoms with E-state index in [0.29, 0.717) is 44.6 Å². The maximum atomic E-state index is 12.2. The zero-order valence-electron chi connectivity index (χ0n) is 15.0. The van der Waals surface area contributed by atoms with Gasteiger partial charge in [-0.25, -0.2) is 0 Å². The Kier molecular flexibility index (Phi) is 5.36. The summed E-state index contributed by atoms with van der Waals surface area (Å²) in [7, 11) is 0. The molecule has 0 aromatic heterocycles. The van der Waals surface area contributed by atoms with Gasteiger partial charge in [0.25, 0.3) is 5.91 Å². The molecule has 1 aromatic rings. The molecule has 1 amide bonds. The normalized spacial score (nSPS) is 20.8. The predicted molar refractivity (Wildman–Crippen MR) is 100.0 cm³/mol. The lowest BCUT2D eigenvalue weighted by Crippen LogP contribution is -2.43. The van der Waals surface area contributed by atoms with Crippen molar-refractivity contribution in [3.63, 3.8) is 0 Å².